The Bertz CT molecular complexity index is 610. The maximum Gasteiger partial charge on any atom is 0.243 e. The first-order valence-corrected chi connectivity index (χ1v) is 8.18. The molecular weight excluding hydrogens is 305 g/mol. The fourth-order valence-corrected chi connectivity index (χ4v) is 4.18. The summed E-state index contributed by atoms with van der Waals surface area (Å²) < 4.78 is 40.0. The van der Waals surface area contributed by atoms with E-state index in [1.54, 1.807) is 0 Å². The number of hydrogen-bond donors (Lipinski definition) is 1. The summed E-state index contributed by atoms with van der Waals surface area (Å²) in [7, 11) is -3.75. The molecule has 2 atom stereocenters. The molecule has 0 radical (unpaired) electrons. The first-order valence-electron chi connectivity index (χ1n) is 6.36. The minimum atomic E-state index is -3.75. The Hall–Kier alpha value is -0.690. The van der Waals surface area contributed by atoms with Crippen LogP contribution < -0.4 is 0 Å². The van der Waals surface area contributed by atoms with Crippen molar-refractivity contribution in [1.29, 1.82) is 0 Å². The van der Waals surface area contributed by atoms with Crippen molar-refractivity contribution in [2.45, 2.75) is 25.3 Å². The van der Waals surface area contributed by atoms with E-state index in [2.05, 4.69) is 0 Å². The fourth-order valence-electron chi connectivity index (χ4n) is 2.30. The minimum Gasteiger partial charge on any atom is -0.392 e. The van der Waals surface area contributed by atoms with Gasteiger partial charge in [-0.2, -0.15) is 4.31 Å². The number of nitrogens with zero attached hydrogens (tertiary/aromatic N) is 1. The van der Waals surface area contributed by atoms with Crippen LogP contribution in [0.2, 0.25) is 5.02 Å². The second-order valence-corrected chi connectivity index (χ2v) is 7.63. The van der Waals surface area contributed by atoms with Crippen molar-refractivity contribution in [3.63, 3.8) is 0 Å². The molecule has 1 aliphatic heterocycles. The summed E-state index contributed by atoms with van der Waals surface area (Å²) in [4.78, 5) is -0.162. The van der Waals surface area contributed by atoms with Crippen LogP contribution in [0.25, 0.3) is 0 Å². The van der Waals surface area contributed by atoms with Gasteiger partial charge >= 0.3 is 0 Å². The summed E-state index contributed by atoms with van der Waals surface area (Å²) in [6, 6.07) is 2.14. The predicted molar refractivity (Wildman–Crippen MR) is 74.4 cm³/mol. The van der Waals surface area contributed by atoms with Crippen molar-refractivity contribution in [2.75, 3.05) is 13.1 Å². The van der Waals surface area contributed by atoms with Gasteiger partial charge in [-0.3, -0.25) is 0 Å². The highest BCUT2D eigenvalue weighted by atomic mass is 35.5. The monoisotopic (exact) mass is 321 g/mol. The van der Waals surface area contributed by atoms with Crippen LogP contribution in [0.5, 0.6) is 0 Å². The van der Waals surface area contributed by atoms with Crippen LogP contribution in [-0.4, -0.2) is 30.9 Å². The number of sulfonamides is 1. The lowest BCUT2D eigenvalue weighted by Gasteiger charge is -2.17. The molecule has 112 valence electrons. The highest BCUT2D eigenvalue weighted by molar-refractivity contribution is 7.89. The third-order valence-electron chi connectivity index (χ3n) is 3.84. The molecule has 1 heterocycles. The number of rotatable bonds is 3. The second kappa shape index (κ2) is 5.60. The van der Waals surface area contributed by atoms with Crippen LogP contribution in [0, 0.1) is 17.7 Å². The van der Waals surface area contributed by atoms with Crippen LogP contribution >= 0.6 is 11.6 Å². The highest BCUT2D eigenvalue weighted by Gasteiger charge is 2.35. The zero-order valence-electron chi connectivity index (χ0n) is 11.3. The first kappa shape index (κ1) is 15.7. The molecule has 4 nitrogen and oxygen atoms in total. The van der Waals surface area contributed by atoms with E-state index >= 15 is 0 Å². The molecule has 1 aliphatic rings. The third kappa shape index (κ3) is 2.70. The molecule has 7 heteroatoms. The van der Waals surface area contributed by atoms with Gasteiger partial charge in [-0.1, -0.05) is 25.4 Å². The maximum atomic E-state index is 13.7. The molecule has 1 N–H and O–H groups in total. The molecule has 2 rings (SSSR count). The fraction of sp³-hybridized carbons (Fsp3) is 0.538. The molecule has 0 aliphatic carbocycles. The topological polar surface area (TPSA) is 57.6 Å². The standard InChI is InChI=1S/C13H17ClFNO3S/c1-8-5-16(6-9(8)2)20(18,19)11-3-10(7-17)13(14)12(15)4-11/h3-4,8-9,17H,5-7H2,1-2H3. The lowest BCUT2D eigenvalue weighted by Crippen LogP contribution is -2.29. The van der Waals surface area contributed by atoms with Gasteiger partial charge in [-0.25, -0.2) is 12.8 Å². The largest absolute Gasteiger partial charge is 0.392 e. The molecule has 0 bridgehead atoms. The number of hydrogen-bond acceptors (Lipinski definition) is 3. The average Bonchev–Trinajstić information content (AvgIpc) is 2.73. The summed E-state index contributed by atoms with van der Waals surface area (Å²) >= 11 is 5.68. The molecule has 1 saturated heterocycles. The SMILES string of the molecule is CC1CN(S(=O)(=O)c2cc(F)c(Cl)c(CO)c2)CC1C. The van der Waals surface area contributed by atoms with Gasteiger partial charge in [0.2, 0.25) is 10.0 Å². The number of aliphatic hydroxyl groups is 1. The number of halogens is 2. The lowest BCUT2D eigenvalue weighted by molar-refractivity contribution is 0.281. The molecule has 0 spiro atoms. The molecule has 0 saturated carbocycles. The lowest BCUT2D eigenvalue weighted by atomic mass is 10.0. The molecule has 2 unspecified atom stereocenters. The van der Waals surface area contributed by atoms with Crippen LogP contribution in [-0.2, 0) is 16.6 Å². The van der Waals surface area contributed by atoms with E-state index in [4.69, 9.17) is 16.7 Å². The smallest absolute Gasteiger partial charge is 0.243 e. The van der Waals surface area contributed by atoms with Gasteiger partial charge in [0.15, 0.2) is 0 Å². The molecule has 0 amide bonds. The van der Waals surface area contributed by atoms with Crippen molar-refractivity contribution >= 4 is 21.6 Å². The van der Waals surface area contributed by atoms with Crippen molar-refractivity contribution in [3.05, 3.63) is 28.5 Å². The molecule has 20 heavy (non-hydrogen) atoms. The molecule has 1 aromatic rings. The van der Waals surface area contributed by atoms with E-state index in [0.29, 0.717) is 13.1 Å². The summed E-state index contributed by atoms with van der Waals surface area (Å²) in [5.41, 5.74) is 0.0746. The predicted octanol–water partition coefficient (Wildman–Crippen LogP) is 2.25. The van der Waals surface area contributed by atoms with Gasteiger partial charge in [0, 0.05) is 18.7 Å². The summed E-state index contributed by atoms with van der Waals surface area (Å²) in [6.07, 6.45) is 0. The zero-order valence-corrected chi connectivity index (χ0v) is 12.9. The Morgan fingerprint density at radius 1 is 1.35 bits per heavy atom. The van der Waals surface area contributed by atoms with E-state index in [9.17, 15) is 12.8 Å². The number of aliphatic hydroxyl groups excluding tert-OH is 1. The van der Waals surface area contributed by atoms with Gasteiger partial charge in [0.25, 0.3) is 0 Å². The zero-order chi connectivity index (χ0) is 15.1. The third-order valence-corrected chi connectivity index (χ3v) is 6.07. The van der Waals surface area contributed by atoms with Gasteiger partial charge < -0.3 is 5.11 Å². The van der Waals surface area contributed by atoms with Crippen molar-refractivity contribution in [1.82, 2.24) is 4.31 Å². The summed E-state index contributed by atoms with van der Waals surface area (Å²) in [5.74, 6) is -0.310. The number of benzene rings is 1. The molecule has 1 fully saturated rings. The Morgan fingerprint density at radius 2 is 1.90 bits per heavy atom. The quantitative estimate of drug-likeness (QED) is 0.929. The van der Waals surface area contributed by atoms with Gasteiger partial charge in [0.1, 0.15) is 5.82 Å². The van der Waals surface area contributed by atoms with E-state index in [0.717, 1.165) is 6.07 Å². The summed E-state index contributed by atoms with van der Waals surface area (Å²) in [6.45, 7) is 4.31. The Labute approximate surface area is 123 Å². The molecular formula is C13H17ClFNO3S. The first-order chi connectivity index (χ1) is 9.27. The van der Waals surface area contributed by atoms with Crippen LogP contribution in [0.4, 0.5) is 4.39 Å². The van der Waals surface area contributed by atoms with E-state index in [1.165, 1.54) is 10.4 Å². The Kier molecular flexibility index (Phi) is 4.39. The molecule has 0 aromatic heterocycles. The Balaban J connectivity index is 2.43. The van der Waals surface area contributed by atoms with Crippen molar-refractivity contribution in [2.24, 2.45) is 11.8 Å². The van der Waals surface area contributed by atoms with Crippen LogP contribution in [0.15, 0.2) is 17.0 Å². The highest BCUT2D eigenvalue weighted by Crippen LogP contribution is 2.30. The van der Waals surface area contributed by atoms with Gasteiger partial charge in [0.05, 0.1) is 16.5 Å². The van der Waals surface area contributed by atoms with Crippen molar-refractivity contribution < 1.29 is 17.9 Å². The Morgan fingerprint density at radius 3 is 2.40 bits per heavy atom. The van der Waals surface area contributed by atoms with E-state index in [-0.39, 0.29) is 27.3 Å². The summed E-state index contributed by atoms with van der Waals surface area (Å²) in [5, 5.41) is 8.88. The maximum absolute atomic E-state index is 13.7. The normalized spacial score (nSPS) is 24.2. The van der Waals surface area contributed by atoms with Crippen molar-refractivity contribution in [3.8, 4) is 0 Å². The van der Waals surface area contributed by atoms with Gasteiger partial charge in [-0.15, -0.1) is 0 Å². The second-order valence-electron chi connectivity index (χ2n) is 5.31. The van der Waals surface area contributed by atoms with Gasteiger partial charge in [-0.05, 0) is 24.0 Å². The van der Waals surface area contributed by atoms with Crippen LogP contribution in [0.1, 0.15) is 19.4 Å². The van der Waals surface area contributed by atoms with Crippen LogP contribution in [0.3, 0.4) is 0 Å². The van der Waals surface area contributed by atoms with E-state index in [1.807, 2.05) is 13.8 Å². The minimum absolute atomic E-state index is 0.0746. The molecule has 1 aromatic carbocycles. The van der Waals surface area contributed by atoms with E-state index < -0.39 is 22.4 Å². The average molecular weight is 322 g/mol.